The van der Waals surface area contributed by atoms with Crippen LogP contribution in [0.5, 0.6) is 0 Å². The molecule has 19 heteroatoms. The van der Waals surface area contributed by atoms with Crippen molar-refractivity contribution < 1.29 is 102 Å². The van der Waals surface area contributed by atoms with E-state index in [1.165, 1.54) is 0 Å². The van der Waals surface area contributed by atoms with Gasteiger partial charge in [0.05, 0.1) is 74.6 Å². The molecule has 0 radical (unpaired) electrons. The molecule has 0 aromatic rings. The zero-order valence-electron chi connectivity index (χ0n) is 39.0. The van der Waals surface area contributed by atoms with E-state index in [1.54, 1.807) is 69.4 Å². The minimum atomic E-state index is -2.22. The number of fused-ring (bicyclic) bond motifs is 2. The zero-order valence-corrected chi connectivity index (χ0v) is 39.8. The van der Waals surface area contributed by atoms with Crippen molar-refractivity contribution in [1.29, 1.82) is 0 Å². The maximum atomic E-state index is 13.1. The Morgan fingerprint density at radius 1 is 0.672 bits per heavy atom. The Morgan fingerprint density at radius 3 is 1.82 bits per heavy atom. The van der Waals surface area contributed by atoms with Gasteiger partial charge in [-0.2, -0.15) is 0 Å². The molecular weight excluding hydrogens is 898 g/mol. The van der Waals surface area contributed by atoms with Gasteiger partial charge in [0.25, 0.3) is 0 Å². The maximum absolute atomic E-state index is 13.1. The van der Waals surface area contributed by atoms with Gasteiger partial charge >= 0.3 is 11.9 Å². The number of allylic oxidation sites excluding steroid dienone is 12. The molecular formula is C48H76ClNO17. The number of carbonyl (C=O) groups is 2. The third kappa shape index (κ3) is 20.0. The van der Waals surface area contributed by atoms with Crippen LogP contribution in [0.4, 0.5) is 0 Å². The van der Waals surface area contributed by atoms with E-state index in [0.717, 1.165) is 7.11 Å². The first kappa shape index (κ1) is 60.0. The topological polar surface area (TPSA) is 310 Å². The first-order chi connectivity index (χ1) is 31.2. The summed E-state index contributed by atoms with van der Waals surface area (Å²) >= 11 is 0. The highest BCUT2D eigenvalue weighted by atomic mass is 35.5. The van der Waals surface area contributed by atoms with Crippen LogP contribution in [0.1, 0.15) is 79.1 Å². The average molecular weight is 975 g/mol. The molecule has 0 unspecified atom stereocenters. The number of aliphatic hydroxyl groups is 10. The van der Waals surface area contributed by atoms with Crippen LogP contribution in [-0.4, -0.2) is 168 Å². The lowest BCUT2D eigenvalue weighted by molar-refractivity contribution is -0.488. The normalized spacial score (nSPS) is 44.3. The number of quaternary nitrogens is 1. The van der Waals surface area contributed by atoms with E-state index in [1.807, 2.05) is 43.4 Å². The number of carbonyl (C=O) groups excluding carboxylic acids is 2. The Morgan fingerprint density at radius 2 is 1.24 bits per heavy atom. The molecule has 2 fully saturated rings. The quantitative estimate of drug-likeness (QED) is 0.126. The average Bonchev–Trinajstić information content (AvgIpc) is 3.24. The highest BCUT2D eigenvalue weighted by Crippen LogP contribution is 2.38. The zero-order chi connectivity index (χ0) is 49.1. The van der Waals surface area contributed by atoms with Crippen LogP contribution in [0.25, 0.3) is 0 Å². The van der Waals surface area contributed by atoms with E-state index in [-0.39, 0.29) is 50.4 Å². The third-order valence-electron chi connectivity index (χ3n) is 12.3. The van der Waals surface area contributed by atoms with Gasteiger partial charge in [0, 0.05) is 37.5 Å². The van der Waals surface area contributed by atoms with E-state index in [0.29, 0.717) is 0 Å². The summed E-state index contributed by atoms with van der Waals surface area (Å²) in [7, 11) is 1.13. The first-order valence-corrected chi connectivity index (χ1v) is 22.8. The molecule has 3 heterocycles. The van der Waals surface area contributed by atoms with Crippen molar-refractivity contribution >= 4 is 11.9 Å². The molecule has 0 spiro atoms. The summed E-state index contributed by atoms with van der Waals surface area (Å²) in [4.78, 5) is 25.7. The summed E-state index contributed by atoms with van der Waals surface area (Å²) in [5, 5.41) is 109. The fraction of sp³-hybridized carbons (Fsp3) is 0.667. The van der Waals surface area contributed by atoms with E-state index in [9.17, 15) is 60.7 Å². The predicted molar refractivity (Wildman–Crippen MR) is 240 cm³/mol. The van der Waals surface area contributed by atoms with E-state index in [4.69, 9.17) is 23.7 Å². The van der Waals surface area contributed by atoms with Crippen LogP contribution < -0.4 is 18.1 Å². The van der Waals surface area contributed by atoms with Gasteiger partial charge in [0.2, 0.25) is 0 Å². The van der Waals surface area contributed by atoms with Gasteiger partial charge in [-0.3, -0.25) is 9.59 Å². The summed E-state index contributed by atoms with van der Waals surface area (Å²) in [5.41, 5.74) is 3.85. The molecule has 19 atom stereocenters. The summed E-state index contributed by atoms with van der Waals surface area (Å²) in [5.74, 6) is -5.89. The molecule has 0 amide bonds. The summed E-state index contributed by atoms with van der Waals surface area (Å²) in [6.07, 6.45) is 5.18. The Labute approximate surface area is 399 Å². The molecule has 18 nitrogen and oxygen atoms in total. The van der Waals surface area contributed by atoms with Crippen LogP contribution in [0.15, 0.2) is 85.1 Å². The number of hydrogen-bond donors (Lipinski definition) is 11. The first-order valence-electron chi connectivity index (χ1n) is 22.8. The molecule has 382 valence electrons. The standard InChI is InChI=1S/C48H75NO17.ClH/c1-28-18-16-14-12-10-8-6-7-9-11-13-15-17-19-35(65-47-45(59)42(49)44(58)31(4)64-47)25-39-41(46(60)62-5)38(55)27-48(61,66-39)26-34(52)22-32(50)20-21-36(53)37(54)23-33(51)24-40(56)63-30(3)29(2)43(28)57;/h6-19,28-39,41-45,47,50-55,57-59,61H,20-27,49H2,1-5H3;1H/b7-6+,10-8+,11-9+,14-12+,15-13+,18-16-,19-17+;/t28-,29+,30-,31+,32-,33+,34-,35-,36-,37-,38-,39-,41+,42-,43+,44+,45-,47-,48+;/m0./s1. The van der Waals surface area contributed by atoms with Crippen LogP contribution in [-0.2, 0) is 33.3 Å². The lowest BCUT2D eigenvalue weighted by Gasteiger charge is -2.45. The number of cyclic esters (lactones) is 1. The third-order valence-corrected chi connectivity index (χ3v) is 12.3. The van der Waals surface area contributed by atoms with Crippen LogP contribution in [0.2, 0.25) is 0 Å². The highest BCUT2D eigenvalue weighted by Gasteiger charge is 2.51. The second-order valence-corrected chi connectivity index (χ2v) is 17.8. The van der Waals surface area contributed by atoms with E-state index >= 15 is 0 Å². The second kappa shape index (κ2) is 29.8. The van der Waals surface area contributed by atoms with Gasteiger partial charge in [0.15, 0.2) is 18.2 Å². The Bertz CT molecular complexity index is 1690. The van der Waals surface area contributed by atoms with Crippen molar-refractivity contribution in [1.82, 2.24) is 0 Å². The van der Waals surface area contributed by atoms with Gasteiger partial charge in [0.1, 0.15) is 24.2 Å². The molecule has 2 saturated heterocycles. The summed E-state index contributed by atoms with van der Waals surface area (Å²) < 4.78 is 28.5. The number of hydrogen-bond acceptors (Lipinski definition) is 17. The smallest absolute Gasteiger partial charge is 0.313 e. The van der Waals surface area contributed by atoms with Crippen molar-refractivity contribution in [2.75, 3.05) is 7.11 Å². The molecule has 3 aliphatic heterocycles. The fourth-order valence-electron chi connectivity index (χ4n) is 8.15. The number of esters is 2. The highest BCUT2D eigenvalue weighted by molar-refractivity contribution is 5.74. The molecule has 3 aliphatic rings. The monoisotopic (exact) mass is 973 g/mol. The van der Waals surface area contributed by atoms with E-state index < -0.39 is 141 Å². The molecule has 2 bridgehead atoms. The molecule has 13 N–H and O–H groups in total. The van der Waals surface area contributed by atoms with E-state index in [2.05, 4.69) is 5.73 Å². The van der Waals surface area contributed by atoms with Gasteiger partial charge in [-0.1, -0.05) is 98.9 Å². The maximum Gasteiger partial charge on any atom is 0.313 e. The second-order valence-electron chi connectivity index (χ2n) is 17.8. The molecule has 3 rings (SSSR count). The fourth-order valence-corrected chi connectivity index (χ4v) is 8.15. The van der Waals surface area contributed by atoms with Gasteiger partial charge < -0.3 is 92.9 Å². The number of rotatable bonds is 3. The molecule has 0 aromatic carbocycles. The SMILES string of the molecule is COC(=O)[C@H]1[C@@H]2C[C@@H](O[C@@H]3O[C@H](C)[C@@H](O)[C@H]([NH3+])[C@@H]3O)/C=C/C=C/C=C/C=C/C=C/C=C/C=C\[C@H](C)[C@@H](O)[C@H](C)[C@H](C)OC(=O)C[C@H](O)C[C@H](O)[C@@H](O)CC[C@H](O)C[C@H](O)C[C@](O)(C[C@@H]1O)O2.[Cl-]. The van der Waals surface area contributed by atoms with Gasteiger partial charge in [-0.25, -0.2) is 0 Å². The lowest BCUT2D eigenvalue weighted by atomic mass is 9.82. The Hall–Kier alpha value is -3.15. The van der Waals surface area contributed by atoms with Crippen molar-refractivity contribution in [3.05, 3.63) is 85.1 Å². The number of methoxy groups -OCH3 is 1. The van der Waals surface area contributed by atoms with Crippen molar-refractivity contribution in [2.24, 2.45) is 17.8 Å². The van der Waals surface area contributed by atoms with Crippen molar-refractivity contribution in [3.8, 4) is 0 Å². The molecule has 0 aliphatic carbocycles. The van der Waals surface area contributed by atoms with Crippen LogP contribution in [0.3, 0.4) is 0 Å². The number of aliphatic hydroxyl groups excluding tert-OH is 9. The largest absolute Gasteiger partial charge is 1.00 e. The van der Waals surface area contributed by atoms with Crippen molar-refractivity contribution in [2.45, 2.75) is 177 Å². The van der Waals surface area contributed by atoms with Crippen molar-refractivity contribution in [3.63, 3.8) is 0 Å². The van der Waals surface area contributed by atoms with Crippen LogP contribution in [0, 0.1) is 17.8 Å². The molecule has 0 saturated carbocycles. The number of halogens is 1. The predicted octanol–water partition coefficient (Wildman–Crippen LogP) is -2.91. The van der Waals surface area contributed by atoms with Gasteiger partial charge in [-0.15, -0.1) is 0 Å². The lowest BCUT2D eigenvalue weighted by Crippen LogP contribution is -3.00. The summed E-state index contributed by atoms with van der Waals surface area (Å²) in [6.45, 7) is 6.80. The minimum Gasteiger partial charge on any atom is -1.00 e. The van der Waals surface area contributed by atoms with Crippen LogP contribution >= 0.6 is 0 Å². The van der Waals surface area contributed by atoms with Gasteiger partial charge in [-0.05, 0) is 33.1 Å². The number of ether oxygens (including phenoxy) is 5. The summed E-state index contributed by atoms with van der Waals surface area (Å²) in [6, 6.07) is -0.874. The minimum absolute atomic E-state index is 0. The Kier molecular flexibility index (Phi) is 26.7. The Balaban J connectivity index is 0.0000154. The molecule has 67 heavy (non-hydrogen) atoms. The molecule has 0 aromatic heterocycles.